The van der Waals surface area contributed by atoms with E-state index in [0.29, 0.717) is 18.7 Å². The second-order valence-corrected chi connectivity index (χ2v) is 5.71. The van der Waals surface area contributed by atoms with Gasteiger partial charge in [-0.2, -0.15) is 0 Å². The first-order valence-electron chi connectivity index (χ1n) is 7.73. The Balaban J connectivity index is 1.96. The molecule has 0 amide bonds. The highest BCUT2D eigenvalue weighted by molar-refractivity contribution is 5.99. The number of carbonyl (C=O) groups is 1. The van der Waals surface area contributed by atoms with Crippen molar-refractivity contribution in [2.75, 3.05) is 26.7 Å². The van der Waals surface area contributed by atoms with Crippen LogP contribution in [0, 0.1) is 11.7 Å². The Morgan fingerprint density at radius 3 is 3.00 bits per heavy atom. The number of ketones is 1. The quantitative estimate of drug-likeness (QED) is 0.751. The van der Waals surface area contributed by atoms with Gasteiger partial charge in [-0.3, -0.25) is 4.79 Å². The first-order valence-corrected chi connectivity index (χ1v) is 7.73. The molecule has 1 heterocycles. The van der Waals surface area contributed by atoms with Gasteiger partial charge in [0.15, 0.2) is 5.78 Å². The molecule has 1 aromatic rings. The Labute approximate surface area is 126 Å². The number of rotatable bonds is 6. The smallest absolute Gasteiger partial charge is 0.170 e. The Morgan fingerprint density at radius 2 is 2.29 bits per heavy atom. The molecule has 0 N–H and O–H groups in total. The fourth-order valence-electron chi connectivity index (χ4n) is 3.02. The molecular weight excluding hydrogens is 269 g/mol. The number of nitrogens with zero attached hydrogens (tertiary/aromatic N) is 1. The molecular formula is C17H24FNO2. The fourth-order valence-corrected chi connectivity index (χ4v) is 3.02. The van der Waals surface area contributed by atoms with Crippen LogP contribution in [0.4, 0.5) is 4.39 Å². The van der Waals surface area contributed by atoms with E-state index in [1.807, 2.05) is 0 Å². The highest BCUT2D eigenvalue weighted by Crippen LogP contribution is 2.24. The number of Topliss-reactive ketones (excluding diaryl/α,β-unsaturated/α-hetero) is 1. The van der Waals surface area contributed by atoms with Gasteiger partial charge in [0, 0.05) is 19.5 Å². The molecule has 116 valence electrons. The lowest BCUT2D eigenvalue weighted by atomic mass is 9.95. The average molecular weight is 293 g/mol. The molecule has 1 saturated heterocycles. The molecule has 1 aliphatic heterocycles. The van der Waals surface area contributed by atoms with Gasteiger partial charge in [0.1, 0.15) is 11.6 Å². The van der Waals surface area contributed by atoms with Crippen molar-refractivity contribution in [2.45, 2.75) is 32.6 Å². The third-order valence-corrected chi connectivity index (χ3v) is 4.31. The summed E-state index contributed by atoms with van der Waals surface area (Å²) in [6.45, 7) is 5.01. The first kappa shape index (κ1) is 16.0. The summed E-state index contributed by atoms with van der Waals surface area (Å²) in [7, 11) is 1.46. The summed E-state index contributed by atoms with van der Waals surface area (Å²) in [4.78, 5) is 14.6. The lowest BCUT2D eigenvalue weighted by Crippen LogP contribution is -2.36. The number of piperidine rings is 1. The third-order valence-electron chi connectivity index (χ3n) is 4.31. The zero-order valence-electron chi connectivity index (χ0n) is 12.9. The van der Waals surface area contributed by atoms with Crippen molar-refractivity contribution in [3.8, 4) is 5.75 Å². The first-order chi connectivity index (χ1) is 10.2. The molecule has 0 aromatic heterocycles. The molecule has 1 fully saturated rings. The zero-order chi connectivity index (χ0) is 15.2. The molecule has 1 atom stereocenters. The van der Waals surface area contributed by atoms with E-state index in [1.165, 1.54) is 32.4 Å². The molecule has 1 aliphatic rings. The van der Waals surface area contributed by atoms with Crippen molar-refractivity contribution in [3.05, 3.63) is 29.6 Å². The summed E-state index contributed by atoms with van der Waals surface area (Å²) < 4.78 is 19.0. The van der Waals surface area contributed by atoms with Crippen LogP contribution < -0.4 is 4.74 Å². The second-order valence-electron chi connectivity index (χ2n) is 5.71. The van der Waals surface area contributed by atoms with Gasteiger partial charge >= 0.3 is 0 Å². The van der Waals surface area contributed by atoms with Gasteiger partial charge in [-0.25, -0.2) is 4.39 Å². The van der Waals surface area contributed by atoms with Crippen LogP contribution in [0.25, 0.3) is 0 Å². The maximum atomic E-state index is 13.9. The minimum Gasteiger partial charge on any atom is -0.496 e. The summed E-state index contributed by atoms with van der Waals surface area (Å²) in [5.41, 5.74) is 0.0871. The van der Waals surface area contributed by atoms with E-state index in [-0.39, 0.29) is 11.3 Å². The lowest BCUT2D eigenvalue weighted by Gasteiger charge is -2.32. The maximum Gasteiger partial charge on any atom is 0.170 e. The monoisotopic (exact) mass is 293 g/mol. The summed E-state index contributed by atoms with van der Waals surface area (Å²) >= 11 is 0. The standard InChI is InChI=1S/C17H24FNO2/c1-3-13-6-5-10-19(12-13)11-9-15(20)17-14(18)7-4-8-16(17)21-2/h4,7-8,13H,3,5-6,9-12H2,1-2H3. The van der Waals surface area contributed by atoms with E-state index in [1.54, 1.807) is 12.1 Å². The third kappa shape index (κ3) is 4.03. The van der Waals surface area contributed by atoms with Gasteiger partial charge in [0.25, 0.3) is 0 Å². The van der Waals surface area contributed by atoms with Crippen LogP contribution in [0.15, 0.2) is 18.2 Å². The molecule has 2 rings (SSSR count). The molecule has 0 aliphatic carbocycles. The minimum absolute atomic E-state index is 0.0871. The largest absolute Gasteiger partial charge is 0.496 e. The van der Waals surface area contributed by atoms with E-state index < -0.39 is 5.82 Å². The van der Waals surface area contributed by atoms with Crippen molar-refractivity contribution in [2.24, 2.45) is 5.92 Å². The molecule has 0 spiro atoms. The topological polar surface area (TPSA) is 29.5 Å². The lowest BCUT2D eigenvalue weighted by molar-refractivity contribution is 0.0938. The van der Waals surface area contributed by atoms with Gasteiger partial charge < -0.3 is 9.64 Å². The number of methoxy groups -OCH3 is 1. The predicted molar refractivity (Wildman–Crippen MR) is 81.4 cm³/mol. The van der Waals surface area contributed by atoms with Gasteiger partial charge in [-0.05, 0) is 37.4 Å². The van der Waals surface area contributed by atoms with Crippen LogP contribution in [0.5, 0.6) is 5.75 Å². The highest BCUT2D eigenvalue weighted by atomic mass is 19.1. The number of hydrogen-bond donors (Lipinski definition) is 0. The normalized spacial score (nSPS) is 19.5. The summed E-state index contributed by atoms with van der Waals surface area (Å²) in [5, 5.41) is 0. The van der Waals surface area contributed by atoms with Gasteiger partial charge in [0.2, 0.25) is 0 Å². The molecule has 1 unspecified atom stereocenters. The van der Waals surface area contributed by atoms with Crippen molar-refractivity contribution in [1.82, 2.24) is 4.90 Å². The van der Waals surface area contributed by atoms with Crippen LogP contribution >= 0.6 is 0 Å². The molecule has 0 bridgehead atoms. The van der Waals surface area contributed by atoms with Crippen LogP contribution in [-0.4, -0.2) is 37.4 Å². The average Bonchev–Trinajstić information content (AvgIpc) is 2.52. The van der Waals surface area contributed by atoms with Crippen molar-refractivity contribution in [1.29, 1.82) is 0 Å². The van der Waals surface area contributed by atoms with Crippen molar-refractivity contribution >= 4 is 5.78 Å². The van der Waals surface area contributed by atoms with E-state index >= 15 is 0 Å². The van der Waals surface area contributed by atoms with Gasteiger partial charge in [0.05, 0.1) is 12.7 Å². The van der Waals surface area contributed by atoms with Gasteiger partial charge in [-0.15, -0.1) is 0 Å². The number of likely N-dealkylation sites (tertiary alicyclic amines) is 1. The predicted octanol–water partition coefficient (Wildman–Crippen LogP) is 3.53. The highest BCUT2D eigenvalue weighted by Gasteiger charge is 2.21. The molecule has 21 heavy (non-hydrogen) atoms. The summed E-state index contributed by atoms with van der Waals surface area (Å²) in [6.07, 6.45) is 4.00. The fraction of sp³-hybridized carbons (Fsp3) is 0.588. The van der Waals surface area contributed by atoms with Crippen molar-refractivity contribution in [3.63, 3.8) is 0 Å². The molecule has 4 heteroatoms. The number of hydrogen-bond acceptors (Lipinski definition) is 3. The number of ether oxygens (including phenoxy) is 1. The van der Waals surface area contributed by atoms with E-state index in [0.717, 1.165) is 19.0 Å². The van der Waals surface area contributed by atoms with E-state index in [4.69, 9.17) is 4.74 Å². The Bertz CT molecular complexity index is 490. The maximum absolute atomic E-state index is 13.9. The molecule has 0 radical (unpaired) electrons. The second kappa shape index (κ2) is 7.55. The minimum atomic E-state index is -0.496. The molecule has 3 nitrogen and oxygen atoms in total. The number of carbonyl (C=O) groups excluding carboxylic acids is 1. The van der Waals surface area contributed by atoms with Crippen LogP contribution in [0.2, 0.25) is 0 Å². The van der Waals surface area contributed by atoms with Crippen molar-refractivity contribution < 1.29 is 13.9 Å². The Morgan fingerprint density at radius 1 is 1.48 bits per heavy atom. The molecule has 0 saturated carbocycles. The summed E-state index contributed by atoms with van der Waals surface area (Å²) in [5.74, 6) is 0.384. The van der Waals surface area contributed by atoms with E-state index in [9.17, 15) is 9.18 Å². The summed E-state index contributed by atoms with van der Waals surface area (Å²) in [6, 6.07) is 4.50. The van der Waals surface area contributed by atoms with Crippen LogP contribution in [0.3, 0.4) is 0 Å². The Kier molecular flexibility index (Phi) is 5.74. The zero-order valence-corrected chi connectivity index (χ0v) is 12.9. The Hall–Kier alpha value is -1.42. The van der Waals surface area contributed by atoms with Crippen LogP contribution in [-0.2, 0) is 0 Å². The van der Waals surface area contributed by atoms with Gasteiger partial charge in [-0.1, -0.05) is 19.4 Å². The van der Waals surface area contributed by atoms with E-state index in [2.05, 4.69) is 11.8 Å². The number of halogens is 1. The molecule has 1 aromatic carbocycles. The number of benzene rings is 1. The van der Waals surface area contributed by atoms with Crippen LogP contribution in [0.1, 0.15) is 43.0 Å². The SMILES string of the molecule is CCC1CCCN(CCC(=O)c2c(F)cccc2OC)C1.